The molecule has 0 saturated carbocycles. The van der Waals surface area contributed by atoms with Crippen molar-refractivity contribution in [2.75, 3.05) is 20.2 Å². The zero-order valence-corrected chi connectivity index (χ0v) is 12.5. The Morgan fingerprint density at radius 3 is 2.45 bits per heavy atom. The van der Waals surface area contributed by atoms with Gasteiger partial charge in [0.25, 0.3) is 0 Å². The molecular formula is C13H24N2O5. The lowest BCUT2D eigenvalue weighted by atomic mass is 9.97. The van der Waals surface area contributed by atoms with E-state index < -0.39 is 23.8 Å². The Morgan fingerprint density at radius 2 is 2.00 bits per heavy atom. The van der Waals surface area contributed by atoms with Gasteiger partial charge in [0.05, 0.1) is 12.6 Å². The predicted molar refractivity (Wildman–Crippen MR) is 72.6 cm³/mol. The maximum absolute atomic E-state index is 12.0. The molecule has 116 valence electrons. The van der Waals surface area contributed by atoms with Gasteiger partial charge in [0, 0.05) is 19.6 Å². The van der Waals surface area contributed by atoms with Gasteiger partial charge in [-0.3, -0.25) is 0 Å². The topological polar surface area (TPSA) is 90.3 Å². The van der Waals surface area contributed by atoms with Crippen LogP contribution in [-0.2, 0) is 4.74 Å². The Balaban J connectivity index is 2.65. The molecule has 0 spiro atoms. The van der Waals surface area contributed by atoms with E-state index in [0.29, 0.717) is 19.4 Å². The molecule has 20 heavy (non-hydrogen) atoms. The van der Waals surface area contributed by atoms with E-state index in [4.69, 9.17) is 9.84 Å². The summed E-state index contributed by atoms with van der Waals surface area (Å²) in [6.45, 7) is 5.44. The van der Waals surface area contributed by atoms with E-state index in [9.17, 15) is 14.7 Å². The normalized spacial score (nSPS) is 23.4. The van der Waals surface area contributed by atoms with Crippen LogP contribution in [0.15, 0.2) is 0 Å². The summed E-state index contributed by atoms with van der Waals surface area (Å²) in [6, 6.07) is -0.603. The number of likely N-dealkylation sites (tertiary alicyclic amines) is 1. The third kappa shape index (κ3) is 4.26. The van der Waals surface area contributed by atoms with Crippen molar-refractivity contribution in [3.8, 4) is 0 Å². The molecule has 2 unspecified atom stereocenters. The number of carbonyl (C=O) groups is 2. The molecule has 1 rings (SSSR count). The van der Waals surface area contributed by atoms with Crippen molar-refractivity contribution in [2.24, 2.45) is 0 Å². The molecule has 0 aromatic carbocycles. The van der Waals surface area contributed by atoms with E-state index in [2.05, 4.69) is 0 Å². The molecule has 2 N–H and O–H groups in total. The summed E-state index contributed by atoms with van der Waals surface area (Å²) in [7, 11) is 1.64. The second-order valence-electron chi connectivity index (χ2n) is 6.08. The van der Waals surface area contributed by atoms with Crippen LogP contribution in [0.1, 0.15) is 33.6 Å². The summed E-state index contributed by atoms with van der Waals surface area (Å²) < 4.78 is 5.29. The molecule has 1 aliphatic heterocycles. The molecule has 2 amide bonds. The number of aliphatic hydroxyl groups excluding tert-OH is 1. The van der Waals surface area contributed by atoms with Gasteiger partial charge < -0.3 is 24.7 Å². The molecule has 0 aliphatic carbocycles. The van der Waals surface area contributed by atoms with Crippen molar-refractivity contribution in [1.29, 1.82) is 0 Å². The lowest BCUT2D eigenvalue weighted by molar-refractivity contribution is 0.00556. The minimum absolute atomic E-state index is 0.127. The summed E-state index contributed by atoms with van der Waals surface area (Å²) in [5.41, 5.74) is -0.566. The Morgan fingerprint density at radius 1 is 1.40 bits per heavy atom. The summed E-state index contributed by atoms with van der Waals surface area (Å²) in [5, 5.41) is 18.3. The molecule has 1 heterocycles. The molecule has 7 heteroatoms. The third-order valence-electron chi connectivity index (χ3n) is 3.37. The first-order valence-corrected chi connectivity index (χ1v) is 6.72. The second kappa shape index (κ2) is 6.30. The van der Waals surface area contributed by atoms with E-state index >= 15 is 0 Å². The van der Waals surface area contributed by atoms with Gasteiger partial charge >= 0.3 is 12.2 Å². The number of rotatable bonds is 2. The number of amides is 2. The number of aliphatic hydroxyl groups is 1. The summed E-state index contributed by atoms with van der Waals surface area (Å²) in [4.78, 5) is 25.7. The largest absolute Gasteiger partial charge is 0.465 e. The standard InChI is InChI=1S/C13H24N2O5/c1-13(2,3)20-12(19)14(4)9-5-6-15(11(17)18)10(7-9)8-16/h9-10,16H,5-8H2,1-4H3,(H,17,18). The van der Waals surface area contributed by atoms with E-state index in [1.807, 2.05) is 0 Å². The van der Waals surface area contributed by atoms with E-state index in [-0.39, 0.29) is 12.6 Å². The fraction of sp³-hybridized carbons (Fsp3) is 0.846. The highest BCUT2D eigenvalue weighted by molar-refractivity contribution is 5.68. The van der Waals surface area contributed by atoms with Crippen LogP contribution in [0.5, 0.6) is 0 Å². The summed E-state index contributed by atoms with van der Waals surface area (Å²) in [6.07, 6.45) is -0.512. The Kier molecular flexibility index (Phi) is 5.21. The minimum atomic E-state index is -1.04. The molecule has 1 saturated heterocycles. The first kappa shape index (κ1) is 16.6. The van der Waals surface area contributed by atoms with E-state index in [1.54, 1.807) is 27.8 Å². The first-order valence-electron chi connectivity index (χ1n) is 6.72. The fourth-order valence-corrected chi connectivity index (χ4v) is 2.29. The van der Waals surface area contributed by atoms with Crippen LogP contribution in [0.25, 0.3) is 0 Å². The molecule has 0 aromatic rings. The van der Waals surface area contributed by atoms with Crippen molar-refractivity contribution in [3.63, 3.8) is 0 Å². The monoisotopic (exact) mass is 288 g/mol. The van der Waals surface area contributed by atoms with Gasteiger partial charge in [-0.05, 0) is 33.6 Å². The van der Waals surface area contributed by atoms with Crippen molar-refractivity contribution in [1.82, 2.24) is 9.80 Å². The number of nitrogens with zero attached hydrogens (tertiary/aromatic N) is 2. The number of hydrogen-bond donors (Lipinski definition) is 2. The number of carboxylic acid groups (broad SMARTS) is 1. The van der Waals surface area contributed by atoms with Gasteiger partial charge in [-0.2, -0.15) is 0 Å². The molecule has 0 aromatic heterocycles. The highest BCUT2D eigenvalue weighted by Crippen LogP contribution is 2.22. The second-order valence-corrected chi connectivity index (χ2v) is 6.08. The quantitative estimate of drug-likeness (QED) is 0.800. The zero-order chi connectivity index (χ0) is 15.5. The van der Waals surface area contributed by atoms with Gasteiger partial charge in [0.2, 0.25) is 0 Å². The van der Waals surface area contributed by atoms with Crippen molar-refractivity contribution in [3.05, 3.63) is 0 Å². The summed E-state index contributed by atoms with van der Waals surface area (Å²) >= 11 is 0. The SMILES string of the molecule is CN(C(=O)OC(C)(C)C)C1CCN(C(=O)O)C(CO)C1. The van der Waals surface area contributed by atoms with E-state index in [1.165, 1.54) is 9.80 Å². The average Bonchev–Trinajstić information content (AvgIpc) is 2.34. The Bertz CT molecular complexity index is 366. The van der Waals surface area contributed by atoms with Crippen LogP contribution in [0.3, 0.4) is 0 Å². The number of ether oxygens (including phenoxy) is 1. The van der Waals surface area contributed by atoms with Crippen LogP contribution in [-0.4, -0.2) is 70.1 Å². The molecule has 0 radical (unpaired) electrons. The Hall–Kier alpha value is -1.50. The lowest BCUT2D eigenvalue weighted by Gasteiger charge is -2.40. The molecule has 1 aliphatic rings. The number of hydrogen-bond acceptors (Lipinski definition) is 4. The fourth-order valence-electron chi connectivity index (χ4n) is 2.29. The highest BCUT2D eigenvalue weighted by Gasteiger charge is 2.35. The molecule has 0 bridgehead atoms. The van der Waals surface area contributed by atoms with Crippen LogP contribution >= 0.6 is 0 Å². The van der Waals surface area contributed by atoms with Crippen molar-refractivity contribution < 1.29 is 24.5 Å². The van der Waals surface area contributed by atoms with Gasteiger partial charge in [0.15, 0.2) is 0 Å². The first-order chi connectivity index (χ1) is 9.15. The van der Waals surface area contributed by atoms with Gasteiger partial charge in [0.1, 0.15) is 5.60 Å². The zero-order valence-electron chi connectivity index (χ0n) is 12.5. The molecule has 7 nitrogen and oxygen atoms in total. The van der Waals surface area contributed by atoms with Gasteiger partial charge in [-0.25, -0.2) is 9.59 Å². The number of carbonyl (C=O) groups excluding carboxylic acids is 1. The van der Waals surface area contributed by atoms with E-state index in [0.717, 1.165) is 0 Å². The third-order valence-corrected chi connectivity index (χ3v) is 3.37. The Labute approximate surface area is 119 Å². The predicted octanol–water partition coefficient (Wildman–Crippen LogP) is 1.36. The van der Waals surface area contributed by atoms with Gasteiger partial charge in [-0.15, -0.1) is 0 Å². The van der Waals surface area contributed by atoms with Crippen molar-refractivity contribution in [2.45, 2.75) is 51.3 Å². The highest BCUT2D eigenvalue weighted by atomic mass is 16.6. The molecule has 2 atom stereocenters. The van der Waals surface area contributed by atoms with Crippen LogP contribution in [0.2, 0.25) is 0 Å². The smallest absolute Gasteiger partial charge is 0.410 e. The lowest BCUT2D eigenvalue weighted by Crippen LogP contribution is -2.53. The maximum Gasteiger partial charge on any atom is 0.410 e. The molecule has 1 fully saturated rings. The average molecular weight is 288 g/mol. The maximum atomic E-state index is 12.0. The van der Waals surface area contributed by atoms with Crippen LogP contribution in [0, 0.1) is 0 Å². The van der Waals surface area contributed by atoms with Crippen LogP contribution in [0.4, 0.5) is 9.59 Å². The molecular weight excluding hydrogens is 264 g/mol. The number of piperidine rings is 1. The summed E-state index contributed by atoms with van der Waals surface area (Å²) in [5.74, 6) is 0. The minimum Gasteiger partial charge on any atom is -0.465 e. The van der Waals surface area contributed by atoms with Gasteiger partial charge in [-0.1, -0.05) is 0 Å². The van der Waals surface area contributed by atoms with Crippen LogP contribution < -0.4 is 0 Å². The van der Waals surface area contributed by atoms with Crippen molar-refractivity contribution >= 4 is 12.2 Å².